The third-order valence-corrected chi connectivity index (χ3v) is 4.81. The van der Waals surface area contributed by atoms with Gasteiger partial charge in [-0.15, -0.1) is 0 Å². The summed E-state index contributed by atoms with van der Waals surface area (Å²) in [5.41, 5.74) is 5.52. The molecule has 1 aromatic carbocycles. The maximum atomic E-state index is 14.4. The SMILES string of the molecule is CC(C)Oc1ccc(-c2ccc3ncc(-c4ccc(C(C)C)nc4)n3c2)cc1F. The van der Waals surface area contributed by atoms with Crippen LogP contribution in [0.1, 0.15) is 39.3 Å². The summed E-state index contributed by atoms with van der Waals surface area (Å²) in [5, 5.41) is 0. The average Bonchev–Trinajstić information content (AvgIpc) is 3.12. The number of nitrogens with zero attached hydrogens (tertiary/aromatic N) is 3. The summed E-state index contributed by atoms with van der Waals surface area (Å²) in [6, 6.07) is 13.1. The number of benzene rings is 1. The number of rotatable bonds is 5. The Balaban J connectivity index is 1.73. The molecule has 0 unspecified atom stereocenters. The Bertz CT molecular complexity index is 1150. The lowest BCUT2D eigenvalue weighted by atomic mass is 10.1. The van der Waals surface area contributed by atoms with Crippen LogP contribution >= 0.6 is 0 Å². The highest BCUT2D eigenvalue weighted by Gasteiger charge is 2.11. The number of hydrogen-bond donors (Lipinski definition) is 0. The number of ether oxygens (including phenoxy) is 1. The van der Waals surface area contributed by atoms with Crippen LogP contribution < -0.4 is 4.74 Å². The lowest BCUT2D eigenvalue weighted by Crippen LogP contribution is -2.06. The van der Waals surface area contributed by atoms with Crippen LogP contribution in [0, 0.1) is 5.82 Å². The molecule has 0 N–H and O–H groups in total. The van der Waals surface area contributed by atoms with Crippen molar-refractivity contribution in [1.82, 2.24) is 14.4 Å². The molecule has 0 radical (unpaired) electrons. The molecule has 0 amide bonds. The zero-order chi connectivity index (χ0) is 20.5. The summed E-state index contributed by atoms with van der Waals surface area (Å²) in [4.78, 5) is 9.05. The van der Waals surface area contributed by atoms with Crippen molar-refractivity contribution in [2.24, 2.45) is 0 Å². The first-order chi connectivity index (χ1) is 13.9. The molecule has 0 fully saturated rings. The van der Waals surface area contributed by atoms with Gasteiger partial charge in [-0.25, -0.2) is 9.37 Å². The topological polar surface area (TPSA) is 39.4 Å². The van der Waals surface area contributed by atoms with E-state index in [4.69, 9.17) is 4.74 Å². The van der Waals surface area contributed by atoms with Crippen LogP contribution in [0.5, 0.6) is 5.75 Å². The van der Waals surface area contributed by atoms with E-state index in [9.17, 15) is 4.39 Å². The number of halogens is 1. The molecule has 3 aromatic heterocycles. The van der Waals surface area contributed by atoms with Crippen molar-refractivity contribution >= 4 is 5.65 Å². The predicted molar refractivity (Wildman–Crippen MR) is 114 cm³/mol. The highest BCUT2D eigenvalue weighted by atomic mass is 19.1. The lowest BCUT2D eigenvalue weighted by molar-refractivity contribution is 0.231. The van der Waals surface area contributed by atoms with E-state index in [0.29, 0.717) is 5.92 Å². The molecular weight excluding hydrogens is 365 g/mol. The van der Waals surface area contributed by atoms with Crippen molar-refractivity contribution in [3.63, 3.8) is 0 Å². The number of fused-ring (bicyclic) bond motifs is 1. The highest BCUT2D eigenvalue weighted by molar-refractivity contribution is 5.69. The van der Waals surface area contributed by atoms with Gasteiger partial charge in [0.25, 0.3) is 0 Å². The number of hydrogen-bond acceptors (Lipinski definition) is 3. The summed E-state index contributed by atoms with van der Waals surface area (Å²) in [6.07, 6.45) is 5.62. The molecule has 0 bridgehead atoms. The molecule has 3 heterocycles. The molecule has 5 heteroatoms. The summed E-state index contributed by atoms with van der Waals surface area (Å²) in [5.74, 6) is 0.287. The number of imidazole rings is 1. The highest BCUT2D eigenvalue weighted by Crippen LogP contribution is 2.28. The van der Waals surface area contributed by atoms with Crippen LogP contribution in [0.2, 0.25) is 0 Å². The Hall–Kier alpha value is -3.21. The molecule has 148 valence electrons. The van der Waals surface area contributed by atoms with Gasteiger partial charge in [0.15, 0.2) is 11.6 Å². The Morgan fingerprint density at radius 3 is 2.28 bits per heavy atom. The van der Waals surface area contributed by atoms with Crippen LogP contribution in [-0.4, -0.2) is 20.5 Å². The minimum absolute atomic E-state index is 0.0732. The largest absolute Gasteiger partial charge is 0.488 e. The number of pyridine rings is 2. The molecule has 4 nitrogen and oxygen atoms in total. The van der Waals surface area contributed by atoms with Gasteiger partial charge < -0.3 is 4.74 Å². The second-order valence-electron chi connectivity index (χ2n) is 7.73. The van der Waals surface area contributed by atoms with E-state index in [1.165, 1.54) is 6.07 Å². The van der Waals surface area contributed by atoms with Crippen LogP contribution in [0.3, 0.4) is 0 Å². The molecule has 0 aliphatic carbocycles. The molecule has 0 saturated heterocycles. The second kappa shape index (κ2) is 7.66. The van der Waals surface area contributed by atoms with Crippen molar-refractivity contribution in [3.8, 4) is 28.1 Å². The van der Waals surface area contributed by atoms with E-state index in [2.05, 4.69) is 29.9 Å². The maximum absolute atomic E-state index is 14.4. The molecule has 0 aliphatic heterocycles. The smallest absolute Gasteiger partial charge is 0.165 e. The molecular formula is C24H24FN3O. The fraction of sp³-hybridized carbons (Fsp3) is 0.250. The van der Waals surface area contributed by atoms with Crippen molar-refractivity contribution in [2.45, 2.75) is 39.7 Å². The first-order valence-electron chi connectivity index (χ1n) is 9.82. The van der Waals surface area contributed by atoms with Gasteiger partial charge in [0.1, 0.15) is 5.65 Å². The van der Waals surface area contributed by atoms with Gasteiger partial charge in [0.05, 0.1) is 18.0 Å². The predicted octanol–water partition coefficient (Wildman–Crippen LogP) is 6.11. The summed E-state index contributed by atoms with van der Waals surface area (Å²) >= 11 is 0. The van der Waals surface area contributed by atoms with Crippen LogP contribution in [0.15, 0.2) is 61.1 Å². The van der Waals surface area contributed by atoms with Crippen molar-refractivity contribution in [2.75, 3.05) is 0 Å². The Morgan fingerprint density at radius 1 is 0.862 bits per heavy atom. The monoisotopic (exact) mass is 389 g/mol. The van der Waals surface area contributed by atoms with Crippen molar-refractivity contribution < 1.29 is 9.13 Å². The molecule has 0 atom stereocenters. The minimum Gasteiger partial charge on any atom is -0.488 e. The van der Waals surface area contributed by atoms with E-state index in [-0.39, 0.29) is 17.7 Å². The summed E-state index contributed by atoms with van der Waals surface area (Å²) in [7, 11) is 0. The molecule has 0 spiro atoms. The first kappa shape index (κ1) is 19.1. The summed E-state index contributed by atoms with van der Waals surface area (Å²) < 4.78 is 22.0. The van der Waals surface area contributed by atoms with E-state index < -0.39 is 0 Å². The fourth-order valence-corrected chi connectivity index (χ4v) is 3.29. The lowest BCUT2D eigenvalue weighted by Gasteiger charge is -2.12. The van der Waals surface area contributed by atoms with Gasteiger partial charge in [-0.2, -0.15) is 0 Å². The zero-order valence-corrected chi connectivity index (χ0v) is 17.1. The molecule has 4 aromatic rings. The quantitative estimate of drug-likeness (QED) is 0.413. The third-order valence-electron chi connectivity index (χ3n) is 4.81. The van der Waals surface area contributed by atoms with Crippen molar-refractivity contribution in [1.29, 1.82) is 0 Å². The zero-order valence-electron chi connectivity index (χ0n) is 17.1. The van der Waals surface area contributed by atoms with Gasteiger partial charge in [-0.1, -0.05) is 19.9 Å². The molecule has 29 heavy (non-hydrogen) atoms. The Kier molecular flexibility index (Phi) is 5.05. The van der Waals surface area contributed by atoms with E-state index in [1.807, 2.05) is 61.1 Å². The van der Waals surface area contributed by atoms with Crippen LogP contribution in [-0.2, 0) is 0 Å². The molecule has 0 saturated carbocycles. The average molecular weight is 389 g/mol. The third kappa shape index (κ3) is 3.86. The van der Waals surface area contributed by atoms with Crippen LogP contribution in [0.4, 0.5) is 4.39 Å². The van der Waals surface area contributed by atoms with E-state index in [0.717, 1.165) is 33.7 Å². The van der Waals surface area contributed by atoms with Crippen molar-refractivity contribution in [3.05, 3.63) is 72.6 Å². The van der Waals surface area contributed by atoms with Crippen LogP contribution in [0.25, 0.3) is 28.0 Å². The molecule has 4 rings (SSSR count). The Morgan fingerprint density at radius 2 is 1.62 bits per heavy atom. The summed E-state index contributed by atoms with van der Waals surface area (Å²) in [6.45, 7) is 8.01. The van der Waals surface area contributed by atoms with E-state index >= 15 is 0 Å². The van der Waals surface area contributed by atoms with Gasteiger partial charge in [-0.05, 0) is 67.3 Å². The van der Waals surface area contributed by atoms with Gasteiger partial charge in [0.2, 0.25) is 0 Å². The first-order valence-corrected chi connectivity index (χ1v) is 9.82. The molecule has 0 aliphatic rings. The second-order valence-corrected chi connectivity index (χ2v) is 7.73. The number of aromatic nitrogens is 3. The Labute approximate surface area is 170 Å². The van der Waals surface area contributed by atoms with Gasteiger partial charge >= 0.3 is 0 Å². The standard InChI is InChI=1S/C24H24FN3O/c1-15(2)21-8-5-18(12-26-21)22-13-27-24-10-7-19(14-28(22)24)17-6-9-23(20(25)11-17)29-16(3)4/h5-16H,1-4H3. The maximum Gasteiger partial charge on any atom is 0.165 e. The van der Waals surface area contributed by atoms with Gasteiger partial charge in [-0.3, -0.25) is 9.38 Å². The fourth-order valence-electron chi connectivity index (χ4n) is 3.29. The minimum atomic E-state index is -0.365. The van der Waals surface area contributed by atoms with Gasteiger partial charge in [0, 0.05) is 23.7 Å². The van der Waals surface area contributed by atoms with E-state index in [1.54, 1.807) is 6.07 Å². The normalized spacial score (nSPS) is 11.6.